The zero-order valence-corrected chi connectivity index (χ0v) is 25.3. The first-order valence-corrected chi connectivity index (χ1v) is 15.2. The van der Waals surface area contributed by atoms with Crippen molar-refractivity contribution in [1.29, 1.82) is 0 Å². The smallest absolute Gasteiger partial charge is 0.441 e. The molecule has 202 valence electrons. The van der Waals surface area contributed by atoms with Crippen molar-refractivity contribution in [2.75, 3.05) is 0 Å². The fourth-order valence-corrected chi connectivity index (χ4v) is 5.65. The van der Waals surface area contributed by atoms with Crippen LogP contribution < -0.4 is 18.5 Å². The van der Waals surface area contributed by atoms with Gasteiger partial charge in [0.05, 0.1) is 0 Å². The largest absolute Gasteiger partial charge is 0.604 e. The van der Waals surface area contributed by atoms with Crippen molar-refractivity contribution in [2.45, 2.75) is 78.9 Å². The lowest BCUT2D eigenvalue weighted by molar-refractivity contribution is 0.157. The van der Waals surface area contributed by atoms with Crippen LogP contribution in [0.25, 0.3) is 0 Å². The van der Waals surface area contributed by atoms with E-state index in [0.717, 1.165) is 22.3 Å². The molecule has 4 atom stereocenters. The van der Waals surface area contributed by atoms with Gasteiger partial charge in [-0.3, -0.25) is 9.05 Å². The van der Waals surface area contributed by atoms with Crippen LogP contribution in [0.5, 0.6) is 23.0 Å². The van der Waals surface area contributed by atoms with Crippen LogP contribution in [0.4, 0.5) is 0 Å². The molecule has 0 amide bonds. The summed E-state index contributed by atoms with van der Waals surface area (Å²) in [6.07, 6.45) is 0.949. The van der Waals surface area contributed by atoms with E-state index < -0.39 is 26.7 Å². The molecule has 0 aliphatic rings. The minimum atomic E-state index is -2.28. The van der Waals surface area contributed by atoms with E-state index in [-0.39, 0.29) is 0 Å². The van der Waals surface area contributed by atoms with Gasteiger partial charge in [-0.25, -0.2) is 0 Å². The highest BCUT2D eigenvalue weighted by molar-refractivity contribution is 7.41. The van der Waals surface area contributed by atoms with E-state index in [2.05, 4.69) is 0 Å². The molecule has 0 bridgehead atoms. The maximum Gasteiger partial charge on any atom is 0.604 e. The Bertz CT molecular complexity index is 1190. The van der Waals surface area contributed by atoms with Gasteiger partial charge in [-0.2, -0.15) is 0 Å². The normalized spacial score (nSPS) is 15.1. The molecule has 0 fully saturated rings. The lowest BCUT2D eigenvalue weighted by Crippen LogP contribution is -2.29. The first-order chi connectivity index (χ1) is 17.9. The number of hydrogen-bond acceptors (Lipinski definition) is 6. The van der Waals surface area contributed by atoms with Gasteiger partial charge in [0.1, 0.15) is 11.5 Å². The predicted molar refractivity (Wildman–Crippen MR) is 153 cm³/mol. The van der Waals surface area contributed by atoms with E-state index in [9.17, 15) is 9.13 Å². The quantitative estimate of drug-likeness (QED) is 0.207. The average molecular weight is 557 g/mol. The van der Waals surface area contributed by atoms with Crippen molar-refractivity contribution in [3.05, 3.63) is 82.9 Å². The molecule has 0 aliphatic heterocycles. The molecule has 0 heterocycles. The molecule has 4 unspecified atom stereocenters. The van der Waals surface area contributed by atoms with Crippen molar-refractivity contribution in [1.82, 2.24) is 0 Å². The zero-order chi connectivity index (χ0) is 28.1. The molecule has 0 N–H and O–H groups in total. The second-order valence-corrected chi connectivity index (χ2v) is 13.2. The monoisotopic (exact) mass is 556 g/mol. The lowest BCUT2D eigenvalue weighted by Gasteiger charge is -2.21. The second-order valence-electron chi connectivity index (χ2n) is 9.87. The Hall–Kier alpha value is -2.94. The fourth-order valence-electron chi connectivity index (χ4n) is 3.81. The van der Waals surface area contributed by atoms with E-state index >= 15 is 0 Å². The summed E-state index contributed by atoms with van der Waals surface area (Å²) in [4.78, 5) is 0. The van der Waals surface area contributed by atoms with E-state index in [0.29, 0.717) is 35.8 Å². The summed E-state index contributed by atoms with van der Waals surface area (Å²) in [6.45, 7) is 15.2. The van der Waals surface area contributed by atoms with Crippen molar-refractivity contribution >= 4 is 16.1 Å². The molecule has 38 heavy (non-hydrogen) atoms. The molecule has 0 saturated carbocycles. The SMILES string of the molecule is CCC(C)(Oc1c(C)cccc1C)[P+](=O)Oc1cccc(O[P+](=O)C(C)(CC)Oc2c(C)cccc2C)c1. The summed E-state index contributed by atoms with van der Waals surface area (Å²) < 4.78 is 51.0. The molecule has 3 rings (SSSR count). The molecule has 0 radical (unpaired) electrons. The molecule has 3 aromatic carbocycles. The lowest BCUT2D eigenvalue weighted by atomic mass is 10.1. The van der Waals surface area contributed by atoms with Crippen LogP contribution >= 0.6 is 16.1 Å². The first-order valence-electron chi connectivity index (χ1n) is 12.8. The summed E-state index contributed by atoms with van der Waals surface area (Å²) in [5, 5.41) is -2.09. The Kier molecular flexibility index (Phi) is 9.57. The maximum atomic E-state index is 13.4. The van der Waals surface area contributed by atoms with Crippen LogP contribution in [0.2, 0.25) is 0 Å². The van der Waals surface area contributed by atoms with Gasteiger partial charge >= 0.3 is 26.7 Å². The minimum Gasteiger partial charge on any atom is -0.441 e. The number of benzene rings is 3. The van der Waals surface area contributed by atoms with Crippen LogP contribution in [0, 0.1) is 27.7 Å². The average Bonchev–Trinajstić information content (AvgIpc) is 2.88. The van der Waals surface area contributed by atoms with E-state index in [1.54, 1.807) is 38.1 Å². The van der Waals surface area contributed by atoms with Crippen LogP contribution in [0.15, 0.2) is 60.7 Å². The minimum absolute atomic E-state index is 0.339. The summed E-state index contributed by atoms with van der Waals surface area (Å²) >= 11 is 0. The molecule has 6 nitrogen and oxygen atoms in total. The van der Waals surface area contributed by atoms with Crippen molar-refractivity contribution in [3.63, 3.8) is 0 Å². The fraction of sp³-hybridized carbons (Fsp3) is 0.400. The van der Waals surface area contributed by atoms with Gasteiger partial charge in [-0.1, -0.05) is 56.3 Å². The van der Waals surface area contributed by atoms with Gasteiger partial charge in [0.15, 0.2) is 11.5 Å². The number of rotatable bonds is 12. The molecule has 8 heteroatoms. The number of ether oxygens (including phenoxy) is 2. The Morgan fingerprint density at radius 3 is 1.24 bits per heavy atom. The summed E-state index contributed by atoms with van der Waals surface area (Å²) in [7, 11) is -4.55. The number of para-hydroxylation sites is 2. The zero-order valence-electron chi connectivity index (χ0n) is 23.5. The van der Waals surface area contributed by atoms with Crippen LogP contribution in [-0.2, 0) is 9.13 Å². The molecule has 0 aromatic heterocycles. The Morgan fingerprint density at radius 2 is 0.921 bits per heavy atom. The highest BCUT2D eigenvalue weighted by atomic mass is 31.1. The second kappa shape index (κ2) is 12.3. The Labute approximate surface area is 228 Å². The van der Waals surface area contributed by atoms with Gasteiger partial charge in [-0.05, 0) is 71.2 Å². The number of hydrogen-bond donors (Lipinski definition) is 0. The van der Waals surface area contributed by atoms with Crippen LogP contribution in [0.1, 0.15) is 62.8 Å². The molecule has 0 aliphatic carbocycles. The van der Waals surface area contributed by atoms with E-state index in [1.807, 2.05) is 77.9 Å². The first kappa shape index (κ1) is 29.6. The molecule has 0 saturated heterocycles. The predicted octanol–water partition coefficient (Wildman–Crippen LogP) is 9.57. The molecule has 3 aromatic rings. The third-order valence-electron chi connectivity index (χ3n) is 6.73. The molecular weight excluding hydrogens is 518 g/mol. The molecular formula is C30H38O6P2+2. The van der Waals surface area contributed by atoms with Crippen molar-refractivity contribution < 1.29 is 27.7 Å². The van der Waals surface area contributed by atoms with Gasteiger partial charge < -0.3 is 9.47 Å². The van der Waals surface area contributed by atoms with Gasteiger partial charge in [-0.15, -0.1) is 0 Å². The van der Waals surface area contributed by atoms with Gasteiger partial charge in [0.25, 0.3) is 0 Å². The van der Waals surface area contributed by atoms with Gasteiger partial charge in [0.2, 0.25) is 0 Å². The third-order valence-corrected chi connectivity index (χ3v) is 9.84. The number of aryl methyl sites for hydroxylation is 4. The standard InChI is InChI=1S/C30H38O6P2/c1-9-29(7,33-27-21(3)14-11-15-22(27)4)37(31)35-25-18-13-19-26(20-25)36-38(32)30(8,10-2)34-28-23(5)16-12-17-24(28)6/h11-20H,9-10H2,1-8H3/q+2. The highest BCUT2D eigenvalue weighted by Crippen LogP contribution is 2.48. The van der Waals surface area contributed by atoms with E-state index in [1.165, 1.54) is 0 Å². The third kappa shape index (κ3) is 6.73. The van der Waals surface area contributed by atoms with Crippen molar-refractivity contribution in [3.8, 4) is 23.0 Å². The van der Waals surface area contributed by atoms with Gasteiger partial charge in [0, 0.05) is 32.8 Å². The van der Waals surface area contributed by atoms with Crippen LogP contribution in [0.3, 0.4) is 0 Å². The molecule has 0 spiro atoms. The van der Waals surface area contributed by atoms with E-state index in [4.69, 9.17) is 18.5 Å². The highest BCUT2D eigenvalue weighted by Gasteiger charge is 2.51. The Morgan fingerprint density at radius 1 is 0.605 bits per heavy atom. The Balaban J connectivity index is 1.76. The summed E-state index contributed by atoms with van der Waals surface area (Å²) in [5.41, 5.74) is 3.87. The summed E-state index contributed by atoms with van der Waals surface area (Å²) in [5.74, 6) is 2.09. The van der Waals surface area contributed by atoms with Crippen LogP contribution in [-0.4, -0.2) is 10.7 Å². The maximum absolute atomic E-state index is 13.4. The van der Waals surface area contributed by atoms with Crippen molar-refractivity contribution in [2.24, 2.45) is 0 Å². The summed E-state index contributed by atoms with van der Waals surface area (Å²) in [6, 6.07) is 18.4. The topological polar surface area (TPSA) is 71.1 Å².